The Morgan fingerprint density at radius 1 is 0.269 bits per heavy atom. The first-order valence-corrected chi connectivity index (χ1v) is 22.9. The molecule has 0 fully saturated rings. The molecule has 0 spiro atoms. The van der Waals surface area contributed by atoms with Crippen molar-refractivity contribution in [2.24, 2.45) is 0 Å². The molecule has 0 saturated carbocycles. The smallest absolute Gasteiger partial charge is 0.104 e. The summed E-state index contributed by atoms with van der Waals surface area (Å²) >= 11 is 0. The highest BCUT2D eigenvalue weighted by molar-refractivity contribution is 6.15. The van der Waals surface area contributed by atoms with Gasteiger partial charge in [-0.1, -0.05) is 176 Å². The van der Waals surface area contributed by atoms with Crippen molar-refractivity contribution in [2.75, 3.05) is 0 Å². The third-order valence-electron chi connectivity index (χ3n) is 14.0. The number of hydrogen-bond acceptors (Lipinski definition) is 1. The standard InChI is InChI=1S/C62H39N5/c63-39-50-59(64-51-30-12-4-22-41(51)42-23-5-13-31-52(42)64)49(38-40-20-2-1-3-21-40)60(65-53-32-14-6-24-43(53)44-25-7-15-33-54(44)65)62(67-57-36-18-10-28-47(57)48-29-11-19-37-58(48)67)61(50)66-55-34-16-8-26-45(55)46-27-9-17-35-56(46)66/h1-37H,38H2. The predicted octanol–water partition coefficient (Wildman–Crippen LogP) is 15.5. The Morgan fingerprint density at radius 3 is 0.836 bits per heavy atom. The van der Waals surface area contributed by atoms with E-state index in [9.17, 15) is 5.26 Å². The van der Waals surface area contributed by atoms with Gasteiger partial charge in [-0.3, -0.25) is 0 Å². The van der Waals surface area contributed by atoms with Crippen LogP contribution in [0.3, 0.4) is 0 Å². The average molecular weight is 854 g/mol. The molecule has 0 aliphatic rings. The summed E-state index contributed by atoms with van der Waals surface area (Å²) in [5, 5.41) is 21.6. The van der Waals surface area contributed by atoms with Gasteiger partial charge in [-0.2, -0.15) is 5.26 Å². The number of benzene rings is 10. The van der Waals surface area contributed by atoms with Crippen LogP contribution in [0.15, 0.2) is 224 Å². The van der Waals surface area contributed by atoms with Crippen LogP contribution in [0.2, 0.25) is 0 Å². The number of rotatable bonds is 6. The van der Waals surface area contributed by atoms with E-state index in [1.165, 1.54) is 0 Å². The lowest BCUT2D eigenvalue weighted by atomic mass is 9.93. The highest BCUT2D eigenvalue weighted by Gasteiger charge is 2.34. The van der Waals surface area contributed by atoms with Crippen LogP contribution in [0.4, 0.5) is 0 Å². The molecule has 5 nitrogen and oxygen atoms in total. The van der Waals surface area contributed by atoms with Gasteiger partial charge in [0.05, 0.1) is 66.9 Å². The summed E-state index contributed by atoms with van der Waals surface area (Å²) in [7, 11) is 0. The van der Waals surface area contributed by atoms with Crippen molar-refractivity contribution in [3.63, 3.8) is 0 Å². The van der Waals surface area contributed by atoms with Crippen molar-refractivity contribution in [2.45, 2.75) is 6.42 Å². The van der Waals surface area contributed by atoms with Crippen LogP contribution in [0.5, 0.6) is 0 Å². The van der Waals surface area contributed by atoms with Gasteiger partial charge in [0.25, 0.3) is 0 Å². The van der Waals surface area contributed by atoms with Crippen LogP contribution < -0.4 is 0 Å². The number of aromatic nitrogens is 4. The molecule has 4 heterocycles. The van der Waals surface area contributed by atoms with Gasteiger partial charge in [-0.05, 0) is 54.1 Å². The first-order chi connectivity index (χ1) is 33.3. The maximum Gasteiger partial charge on any atom is 0.104 e. The maximum atomic E-state index is 12.5. The predicted molar refractivity (Wildman–Crippen MR) is 278 cm³/mol. The summed E-state index contributed by atoms with van der Waals surface area (Å²) in [6.45, 7) is 0. The van der Waals surface area contributed by atoms with Crippen LogP contribution in [-0.2, 0) is 6.42 Å². The molecular weight excluding hydrogens is 815 g/mol. The zero-order valence-corrected chi connectivity index (χ0v) is 36.3. The summed E-state index contributed by atoms with van der Waals surface area (Å²) < 4.78 is 9.76. The quantitative estimate of drug-likeness (QED) is 0.164. The molecule has 0 amide bonds. The van der Waals surface area contributed by atoms with Gasteiger partial charge in [0.15, 0.2) is 0 Å². The van der Waals surface area contributed by atoms with Gasteiger partial charge in [0.1, 0.15) is 11.6 Å². The second kappa shape index (κ2) is 14.5. The van der Waals surface area contributed by atoms with Crippen molar-refractivity contribution in [1.82, 2.24) is 18.3 Å². The SMILES string of the molecule is N#Cc1c(-n2c3ccccc3c3ccccc32)c(Cc2ccccc2)c(-n2c3ccccc3c3ccccc32)c(-n2c3ccccc3c3ccccc32)c1-n1c2ccccc2c2ccccc21. The topological polar surface area (TPSA) is 43.5 Å². The van der Waals surface area contributed by atoms with Crippen LogP contribution in [0.25, 0.3) is 110 Å². The first-order valence-electron chi connectivity index (χ1n) is 22.9. The Morgan fingerprint density at radius 2 is 0.522 bits per heavy atom. The normalized spacial score (nSPS) is 11.9. The van der Waals surface area contributed by atoms with Crippen molar-refractivity contribution in [3.05, 3.63) is 241 Å². The molecule has 0 N–H and O–H groups in total. The van der Waals surface area contributed by atoms with Gasteiger partial charge in [0, 0.05) is 55.1 Å². The third-order valence-corrected chi connectivity index (χ3v) is 14.0. The van der Waals surface area contributed by atoms with E-state index in [2.05, 4.69) is 249 Å². The van der Waals surface area contributed by atoms with Crippen LogP contribution >= 0.6 is 0 Å². The van der Waals surface area contributed by atoms with Crippen LogP contribution in [0, 0.1) is 11.3 Å². The summed E-state index contributed by atoms with van der Waals surface area (Å²) in [5.41, 5.74) is 14.8. The Kier molecular flexibility index (Phi) is 8.04. The summed E-state index contributed by atoms with van der Waals surface area (Å²) in [6.07, 6.45) is 0.541. The van der Waals surface area contributed by atoms with Crippen LogP contribution in [-0.4, -0.2) is 18.3 Å². The molecule has 0 atom stereocenters. The minimum Gasteiger partial charge on any atom is -0.307 e. The van der Waals surface area contributed by atoms with E-state index in [1.54, 1.807) is 0 Å². The lowest BCUT2D eigenvalue weighted by Gasteiger charge is -2.29. The molecule has 10 aromatic carbocycles. The third kappa shape index (κ3) is 5.24. The molecule has 0 unspecified atom stereocenters. The van der Waals surface area contributed by atoms with E-state index in [1.807, 2.05) is 0 Å². The lowest BCUT2D eigenvalue weighted by molar-refractivity contribution is 0.986. The number of nitriles is 1. The van der Waals surface area contributed by atoms with E-state index in [0.717, 1.165) is 121 Å². The zero-order chi connectivity index (χ0) is 44.2. The molecule has 67 heavy (non-hydrogen) atoms. The highest BCUT2D eigenvalue weighted by atomic mass is 15.1. The number of nitrogens with zero attached hydrogens (tertiary/aromatic N) is 5. The van der Waals surface area contributed by atoms with E-state index in [4.69, 9.17) is 0 Å². The highest BCUT2D eigenvalue weighted by Crippen LogP contribution is 2.49. The number of para-hydroxylation sites is 8. The number of fused-ring (bicyclic) bond motifs is 12. The van der Waals surface area contributed by atoms with Gasteiger partial charge >= 0.3 is 0 Å². The molecule has 0 aliphatic heterocycles. The minimum absolute atomic E-state index is 0.541. The van der Waals surface area contributed by atoms with Crippen LogP contribution in [0.1, 0.15) is 16.7 Å². The molecule has 0 bridgehead atoms. The zero-order valence-electron chi connectivity index (χ0n) is 36.3. The summed E-state index contributed by atoms with van der Waals surface area (Å²) in [6, 6.07) is 83.5. The minimum atomic E-state index is 0.541. The second-order valence-corrected chi connectivity index (χ2v) is 17.5. The molecule has 5 heteroatoms. The van der Waals surface area contributed by atoms with E-state index >= 15 is 0 Å². The summed E-state index contributed by atoms with van der Waals surface area (Å²) in [5.74, 6) is 0. The largest absolute Gasteiger partial charge is 0.307 e. The fourth-order valence-electron chi connectivity index (χ4n) is 11.4. The monoisotopic (exact) mass is 853 g/mol. The van der Waals surface area contributed by atoms with E-state index in [0.29, 0.717) is 12.0 Å². The molecule has 0 radical (unpaired) electrons. The molecule has 14 rings (SSSR count). The fourth-order valence-corrected chi connectivity index (χ4v) is 11.4. The number of hydrogen-bond donors (Lipinski definition) is 0. The van der Waals surface area contributed by atoms with Gasteiger partial charge in [-0.25, -0.2) is 0 Å². The van der Waals surface area contributed by atoms with Gasteiger partial charge < -0.3 is 18.3 Å². The summed E-state index contributed by atoms with van der Waals surface area (Å²) in [4.78, 5) is 0. The van der Waals surface area contributed by atoms with Gasteiger partial charge in [0.2, 0.25) is 0 Å². The first kappa shape index (κ1) is 37.3. The molecular formula is C62H39N5. The molecule has 14 aromatic rings. The Hall–Kier alpha value is -9.11. The Bertz CT molecular complexity index is 4160. The maximum absolute atomic E-state index is 12.5. The molecule has 0 aliphatic carbocycles. The second-order valence-electron chi connectivity index (χ2n) is 17.5. The van der Waals surface area contributed by atoms with Crippen molar-refractivity contribution < 1.29 is 0 Å². The Labute approximate surface area is 385 Å². The van der Waals surface area contributed by atoms with Crippen molar-refractivity contribution >= 4 is 87.2 Å². The molecule has 0 saturated heterocycles. The Balaban J connectivity index is 1.35. The van der Waals surface area contributed by atoms with Crippen molar-refractivity contribution in [1.29, 1.82) is 5.26 Å². The van der Waals surface area contributed by atoms with Crippen molar-refractivity contribution in [3.8, 4) is 28.8 Å². The average Bonchev–Trinajstić information content (AvgIpc) is 4.12. The van der Waals surface area contributed by atoms with E-state index in [-0.39, 0.29) is 0 Å². The fraction of sp³-hybridized carbons (Fsp3) is 0.0161. The molecule has 312 valence electrons. The molecule has 4 aromatic heterocycles. The lowest BCUT2D eigenvalue weighted by Crippen LogP contribution is -2.18. The van der Waals surface area contributed by atoms with E-state index < -0.39 is 0 Å². The van der Waals surface area contributed by atoms with Gasteiger partial charge in [-0.15, -0.1) is 0 Å².